The van der Waals surface area contributed by atoms with Crippen molar-refractivity contribution < 1.29 is 19.1 Å². The van der Waals surface area contributed by atoms with Crippen molar-refractivity contribution in [2.24, 2.45) is 0 Å². The van der Waals surface area contributed by atoms with Crippen molar-refractivity contribution in [1.29, 1.82) is 0 Å². The van der Waals surface area contributed by atoms with Gasteiger partial charge in [-0.3, -0.25) is 9.59 Å². The molecule has 2 aromatic carbocycles. The summed E-state index contributed by atoms with van der Waals surface area (Å²) in [6, 6.07) is 9.89. The number of ether oxygens (including phenoxy) is 2. The summed E-state index contributed by atoms with van der Waals surface area (Å²) in [5, 5.41) is 5.85. The van der Waals surface area contributed by atoms with Crippen LogP contribution in [0.25, 0.3) is 0 Å². The zero-order chi connectivity index (χ0) is 17.8. The molecule has 0 spiro atoms. The Hall–Kier alpha value is -2.73. The molecule has 0 aliphatic carbocycles. The predicted molar refractivity (Wildman–Crippen MR) is 95.8 cm³/mol. The van der Waals surface area contributed by atoms with Crippen molar-refractivity contribution in [2.45, 2.75) is 13.3 Å². The SMILES string of the molecule is CCC(=O)Nc1ccc(Cl)c(NC(=O)c2ccc3c(c2)OCCO3)c1. The van der Waals surface area contributed by atoms with Crippen LogP contribution in [-0.2, 0) is 4.79 Å². The Morgan fingerprint density at radius 1 is 1.04 bits per heavy atom. The fraction of sp³-hybridized carbons (Fsp3) is 0.222. The Bertz CT molecular complexity index is 823. The van der Waals surface area contributed by atoms with Gasteiger partial charge >= 0.3 is 0 Å². The second-order valence-corrected chi connectivity index (χ2v) is 5.82. The molecule has 1 aliphatic rings. The number of hydrogen-bond donors (Lipinski definition) is 2. The third-order valence-corrected chi connectivity index (χ3v) is 3.95. The minimum Gasteiger partial charge on any atom is -0.486 e. The lowest BCUT2D eigenvalue weighted by atomic mass is 10.1. The summed E-state index contributed by atoms with van der Waals surface area (Å²) in [6.45, 7) is 2.70. The number of rotatable bonds is 4. The molecule has 6 nitrogen and oxygen atoms in total. The minimum atomic E-state index is -0.335. The number of carbonyl (C=O) groups excluding carboxylic acids is 2. The van der Waals surface area contributed by atoms with Gasteiger partial charge in [0.25, 0.3) is 5.91 Å². The number of fused-ring (bicyclic) bond motifs is 1. The van der Waals surface area contributed by atoms with E-state index in [9.17, 15) is 9.59 Å². The van der Waals surface area contributed by atoms with E-state index in [1.165, 1.54) is 0 Å². The van der Waals surface area contributed by atoms with Crippen LogP contribution in [0.1, 0.15) is 23.7 Å². The molecule has 2 amide bonds. The molecule has 1 aliphatic heterocycles. The van der Waals surface area contributed by atoms with Crippen molar-refractivity contribution in [3.05, 3.63) is 47.0 Å². The summed E-state index contributed by atoms with van der Waals surface area (Å²) >= 11 is 6.14. The zero-order valence-corrected chi connectivity index (χ0v) is 14.4. The van der Waals surface area contributed by atoms with E-state index in [4.69, 9.17) is 21.1 Å². The number of hydrogen-bond acceptors (Lipinski definition) is 4. The minimum absolute atomic E-state index is 0.119. The lowest BCUT2D eigenvalue weighted by Gasteiger charge is -2.18. The van der Waals surface area contributed by atoms with Crippen molar-refractivity contribution in [2.75, 3.05) is 23.8 Å². The second-order valence-electron chi connectivity index (χ2n) is 5.41. The Kier molecular flexibility index (Phi) is 5.09. The average Bonchev–Trinajstić information content (AvgIpc) is 2.63. The molecular weight excluding hydrogens is 344 g/mol. The van der Waals surface area contributed by atoms with Crippen LogP contribution >= 0.6 is 11.6 Å². The van der Waals surface area contributed by atoms with E-state index in [0.29, 0.717) is 53.1 Å². The third kappa shape index (κ3) is 4.03. The van der Waals surface area contributed by atoms with Gasteiger partial charge in [-0.1, -0.05) is 18.5 Å². The first kappa shape index (κ1) is 17.1. The quantitative estimate of drug-likeness (QED) is 0.871. The standard InChI is InChI=1S/C18H17ClN2O4/c1-2-17(22)20-12-4-5-13(19)14(10-12)21-18(23)11-3-6-15-16(9-11)25-8-7-24-15/h3-6,9-10H,2,7-8H2,1H3,(H,20,22)(H,21,23). The lowest BCUT2D eigenvalue weighted by Crippen LogP contribution is -2.17. The molecule has 7 heteroatoms. The Morgan fingerprint density at radius 2 is 1.80 bits per heavy atom. The molecule has 0 radical (unpaired) electrons. The van der Waals surface area contributed by atoms with Gasteiger partial charge in [0.15, 0.2) is 11.5 Å². The maximum absolute atomic E-state index is 12.5. The van der Waals surface area contributed by atoms with Gasteiger partial charge in [-0.2, -0.15) is 0 Å². The Labute approximate surface area is 150 Å². The number of amides is 2. The predicted octanol–water partition coefficient (Wildman–Crippen LogP) is 3.71. The molecule has 2 aromatic rings. The van der Waals surface area contributed by atoms with Crippen molar-refractivity contribution >= 4 is 34.8 Å². The van der Waals surface area contributed by atoms with Gasteiger partial charge in [0.05, 0.1) is 10.7 Å². The van der Waals surface area contributed by atoms with Crippen LogP contribution < -0.4 is 20.1 Å². The van der Waals surface area contributed by atoms with E-state index in [0.717, 1.165) is 0 Å². The number of nitrogens with one attached hydrogen (secondary N) is 2. The molecule has 0 saturated heterocycles. The summed E-state index contributed by atoms with van der Waals surface area (Å²) in [7, 11) is 0. The van der Waals surface area contributed by atoms with Gasteiger partial charge < -0.3 is 20.1 Å². The van der Waals surface area contributed by atoms with E-state index < -0.39 is 0 Å². The molecule has 2 N–H and O–H groups in total. The van der Waals surface area contributed by atoms with Crippen LogP contribution in [-0.4, -0.2) is 25.0 Å². The fourth-order valence-electron chi connectivity index (χ4n) is 2.33. The summed E-state index contributed by atoms with van der Waals surface area (Å²) in [4.78, 5) is 24.0. The van der Waals surface area contributed by atoms with Crippen LogP contribution in [0.5, 0.6) is 11.5 Å². The first-order valence-electron chi connectivity index (χ1n) is 7.87. The molecule has 0 aromatic heterocycles. The zero-order valence-electron chi connectivity index (χ0n) is 13.6. The Morgan fingerprint density at radius 3 is 2.56 bits per heavy atom. The van der Waals surface area contributed by atoms with E-state index >= 15 is 0 Å². The molecule has 0 unspecified atom stereocenters. The fourth-order valence-corrected chi connectivity index (χ4v) is 2.49. The summed E-state index contributed by atoms with van der Waals surface area (Å²) < 4.78 is 10.9. The smallest absolute Gasteiger partial charge is 0.255 e. The first-order valence-corrected chi connectivity index (χ1v) is 8.25. The molecule has 0 fully saturated rings. The number of benzene rings is 2. The lowest BCUT2D eigenvalue weighted by molar-refractivity contribution is -0.115. The monoisotopic (exact) mass is 360 g/mol. The molecule has 0 bridgehead atoms. The van der Waals surface area contributed by atoms with Gasteiger partial charge in [0.1, 0.15) is 13.2 Å². The molecule has 0 saturated carbocycles. The number of carbonyl (C=O) groups is 2. The van der Waals surface area contributed by atoms with Gasteiger partial charge in [0, 0.05) is 17.7 Å². The summed E-state index contributed by atoms with van der Waals surface area (Å²) in [5.74, 6) is 0.698. The van der Waals surface area contributed by atoms with Gasteiger partial charge in [-0.15, -0.1) is 0 Å². The van der Waals surface area contributed by atoms with Gasteiger partial charge in [0.2, 0.25) is 5.91 Å². The molecule has 3 rings (SSSR count). The largest absolute Gasteiger partial charge is 0.486 e. The molecule has 0 atom stereocenters. The van der Waals surface area contributed by atoms with E-state index in [2.05, 4.69) is 10.6 Å². The third-order valence-electron chi connectivity index (χ3n) is 3.62. The molecule has 25 heavy (non-hydrogen) atoms. The molecule has 130 valence electrons. The highest BCUT2D eigenvalue weighted by atomic mass is 35.5. The van der Waals surface area contributed by atoms with E-state index in [1.807, 2.05) is 0 Å². The van der Waals surface area contributed by atoms with Crippen molar-refractivity contribution in [1.82, 2.24) is 0 Å². The maximum Gasteiger partial charge on any atom is 0.255 e. The van der Waals surface area contributed by atoms with E-state index in [-0.39, 0.29) is 11.8 Å². The topological polar surface area (TPSA) is 76.7 Å². The van der Waals surface area contributed by atoms with Gasteiger partial charge in [-0.25, -0.2) is 0 Å². The number of halogens is 1. The van der Waals surface area contributed by atoms with Crippen LogP contribution in [0, 0.1) is 0 Å². The van der Waals surface area contributed by atoms with Crippen molar-refractivity contribution in [3.63, 3.8) is 0 Å². The maximum atomic E-state index is 12.5. The van der Waals surface area contributed by atoms with Gasteiger partial charge in [-0.05, 0) is 36.4 Å². The Balaban J connectivity index is 1.78. The second kappa shape index (κ2) is 7.44. The molecular formula is C18H17ClN2O4. The number of anilines is 2. The normalized spacial score (nSPS) is 12.4. The van der Waals surface area contributed by atoms with E-state index in [1.54, 1.807) is 43.3 Å². The first-order chi connectivity index (χ1) is 12.1. The highest BCUT2D eigenvalue weighted by Gasteiger charge is 2.16. The summed E-state index contributed by atoms with van der Waals surface area (Å²) in [5.41, 5.74) is 1.40. The van der Waals surface area contributed by atoms with Crippen LogP contribution in [0.2, 0.25) is 5.02 Å². The highest BCUT2D eigenvalue weighted by molar-refractivity contribution is 6.34. The van der Waals surface area contributed by atoms with Crippen molar-refractivity contribution in [3.8, 4) is 11.5 Å². The van der Waals surface area contributed by atoms with Crippen LogP contribution in [0.3, 0.4) is 0 Å². The highest BCUT2D eigenvalue weighted by Crippen LogP contribution is 2.31. The van der Waals surface area contributed by atoms with Crippen LogP contribution in [0.15, 0.2) is 36.4 Å². The average molecular weight is 361 g/mol. The summed E-state index contributed by atoms with van der Waals surface area (Å²) in [6.07, 6.45) is 0.363. The van der Waals surface area contributed by atoms with Crippen LogP contribution in [0.4, 0.5) is 11.4 Å². The molecule has 1 heterocycles.